The lowest BCUT2D eigenvalue weighted by molar-refractivity contribution is -0.115. The van der Waals surface area contributed by atoms with Crippen LogP contribution in [0.1, 0.15) is 83.4 Å². The number of ether oxygens (including phenoxy) is 1. The molecule has 0 unspecified atom stereocenters. The number of aryl methyl sites for hydroxylation is 1. The van der Waals surface area contributed by atoms with E-state index in [1.807, 2.05) is 31.5 Å². The number of nitrogens with zero attached hydrogens (tertiary/aromatic N) is 3. The van der Waals surface area contributed by atoms with Gasteiger partial charge in [-0.3, -0.25) is 4.79 Å². The lowest BCUT2D eigenvalue weighted by Crippen LogP contribution is -2.40. The molecule has 0 radical (unpaired) electrons. The van der Waals surface area contributed by atoms with E-state index in [0.717, 1.165) is 37.1 Å². The van der Waals surface area contributed by atoms with Crippen molar-refractivity contribution in [3.63, 3.8) is 0 Å². The molecule has 1 aliphatic carbocycles. The number of aromatic nitrogens is 3. The Morgan fingerprint density at radius 2 is 1.84 bits per heavy atom. The van der Waals surface area contributed by atoms with Crippen molar-refractivity contribution in [3.8, 4) is 0 Å². The predicted octanol–water partition coefficient (Wildman–Crippen LogP) is 4.26. The number of rotatable bonds is 6. The first-order valence-electron chi connectivity index (χ1n) is 11.2. The zero-order valence-electron chi connectivity index (χ0n) is 19.9. The highest BCUT2D eigenvalue weighted by atomic mass is 16.6. The normalized spacial score (nSPS) is 19.6. The van der Waals surface area contributed by atoms with Crippen LogP contribution in [0.3, 0.4) is 0 Å². The van der Waals surface area contributed by atoms with Gasteiger partial charge in [0.05, 0.1) is 23.3 Å². The van der Waals surface area contributed by atoms with E-state index < -0.39 is 11.7 Å². The van der Waals surface area contributed by atoms with Crippen LogP contribution < -0.4 is 11.1 Å². The number of hydrogen-bond acceptors (Lipinski definition) is 6. The third kappa shape index (κ3) is 5.69. The van der Waals surface area contributed by atoms with Crippen LogP contribution >= 0.6 is 0 Å². The van der Waals surface area contributed by atoms with Gasteiger partial charge in [0.1, 0.15) is 17.2 Å². The topological polar surface area (TPSA) is 125 Å². The van der Waals surface area contributed by atoms with Crippen LogP contribution in [0, 0.1) is 12.8 Å². The molecular formula is C23H35N5O4. The number of amides is 2. The molecule has 1 aliphatic rings. The van der Waals surface area contributed by atoms with Crippen molar-refractivity contribution >= 4 is 17.8 Å². The first-order chi connectivity index (χ1) is 14.8. The molecule has 0 saturated heterocycles. The third-order valence-corrected chi connectivity index (χ3v) is 6.13. The number of anilines is 1. The molecule has 9 heteroatoms. The predicted molar refractivity (Wildman–Crippen MR) is 120 cm³/mol. The van der Waals surface area contributed by atoms with Crippen LogP contribution in [-0.4, -0.2) is 32.5 Å². The summed E-state index contributed by atoms with van der Waals surface area (Å²) >= 11 is 0. The molecule has 0 atom stereocenters. The Kier molecular flexibility index (Phi) is 6.67. The molecule has 176 valence electrons. The van der Waals surface area contributed by atoms with Gasteiger partial charge in [0, 0.05) is 18.1 Å². The number of nitrogens with one attached hydrogen (secondary N) is 1. The average Bonchev–Trinajstić information content (AvgIpc) is 3.27. The van der Waals surface area contributed by atoms with Crippen molar-refractivity contribution in [2.75, 3.05) is 5.32 Å². The monoisotopic (exact) mass is 445 g/mol. The number of hydrogen-bond donors (Lipinski definition) is 2. The quantitative estimate of drug-likeness (QED) is 0.684. The summed E-state index contributed by atoms with van der Waals surface area (Å²) in [5, 5.41) is 11.7. The molecule has 2 aromatic rings. The van der Waals surface area contributed by atoms with Crippen LogP contribution in [0.4, 0.5) is 10.6 Å². The molecule has 32 heavy (non-hydrogen) atoms. The Labute approximate surface area is 189 Å². The summed E-state index contributed by atoms with van der Waals surface area (Å²) in [4.78, 5) is 23.8. The van der Waals surface area contributed by atoms with E-state index in [-0.39, 0.29) is 29.7 Å². The van der Waals surface area contributed by atoms with E-state index in [1.165, 1.54) is 0 Å². The van der Waals surface area contributed by atoms with Crippen molar-refractivity contribution < 1.29 is 18.8 Å². The number of carbonyl (C=O) groups excluding carboxylic acids is 2. The van der Waals surface area contributed by atoms with Crippen molar-refractivity contribution in [2.45, 2.75) is 90.7 Å². The largest absolute Gasteiger partial charge is 0.443 e. The van der Waals surface area contributed by atoms with Gasteiger partial charge >= 0.3 is 6.09 Å². The van der Waals surface area contributed by atoms with E-state index in [4.69, 9.17) is 20.1 Å². The first kappa shape index (κ1) is 23.8. The van der Waals surface area contributed by atoms with E-state index in [9.17, 15) is 9.59 Å². The first-order valence-corrected chi connectivity index (χ1v) is 11.2. The van der Waals surface area contributed by atoms with Gasteiger partial charge in [0.25, 0.3) is 0 Å². The number of carbonyl (C=O) groups is 2. The number of primary amides is 1. The zero-order valence-corrected chi connectivity index (χ0v) is 19.9. The van der Waals surface area contributed by atoms with Gasteiger partial charge < -0.3 is 20.3 Å². The Hall–Kier alpha value is -2.84. The summed E-state index contributed by atoms with van der Waals surface area (Å²) in [5.41, 5.74) is 6.07. The minimum absolute atomic E-state index is 0.117. The van der Waals surface area contributed by atoms with Gasteiger partial charge in [0.2, 0.25) is 5.91 Å². The molecule has 0 aromatic carbocycles. The Balaban J connectivity index is 1.71. The summed E-state index contributed by atoms with van der Waals surface area (Å²) in [6, 6.07) is 3.73. The van der Waals surface area contributed by atoms with Crippen molar-refractivity contribution in [1.29, 1.82) is 0 Å². The maximum atomic E-state index is 12.6. The number of nitrogens with two attached hydrogens (primary N) is 1. The van der Waals surface area contributed by atoms with Crippen LogP contribution in [-0.2, 0) is 21.5 Å². The van der Waals surface area contributed by atoms with Crippen molar-refractivity contribution in [1.82, 2.24) is 14.9 Å². The van der Waals surface area contributed by atoms with Gasteiger partial charge in [-0.25, -0.2) is 9.48 Å². The summed E-state index contributed by atoms with van der Waals surface area (Å²) in [6.07, 6.45) is 3.08. The summed E-state index contributed by atoms with van der Waals surface area (Å²) in [7, 11) is 0. The third-order valence-electron chi connectivity index (χ3n) is 6.13. The second-order valence-electron chi connectivity index (χ2n) is 10.3. The van der Waals surface area contributed by atoms with E-state index in [0.29, 0.717) is 11.6 Å². The van der Waals surface area contributed by atoms with Crippen molar-refractivity contribution in [2.24, 2.45) is 11.7 Å². The second-order valence-corrected chi connectivity index (χ2v) is 10.3. The summed E-state index contributed by atoms with van der Waals surface area (Å²) in [5.74, 6) is 1.56. The van der Waals surface area contributed by atoms with Crippen LogP contribution in [0.2, 0.25) is 0 Å². The standard InChI is InChI=1S/C23H35N5O4/c1-14-11-17(32-27-14)12-20(29)25-19-13-18(26-28(19)22(2,3)4)15-7-9-16(10-8-15)23(5,6)31-21(24)30/h11,13,15-16H,7-10,12H2,1-6H3,(H2,24,30)(H,25,29). The minimum atomic E-state index is -0.734. The maximum absolute atomic E-state index is 12.6. The lowest BCUT2D eigenvalue weighted by atomic mass is 9.74. The molecule has 1 fully saturated rings. The molecule has 3 N–H and O–H groups in total. The molecular weight excluding hydrogens is 410 g/mol. The fourth-order valence-electron chi connectivity index (χ4n) is 4.47. The zero-order chi connectivity index (χ0) is 23.7. The molecule has 0 bridgehead atoms. The summed E-state index contributed by atoms with van der Waals surface area (Å²) in [6.45, 7) is 11.8. The lowest BCUT2D eigenvalue weighted by Gasteiger charge is -2.38. The minimum Gasteiger partial charge on any atom is -0.443 e. The van der Waals surface area contributed by atoms with Crippen molar-refractivity contribution in [3.05, 3.63) is 29.3 Å². The molecule has 2 amide bonds. The van der Waals surface area contributed by atoms with Gasteiger partial charge in [-0.05, 0) is 73.1 Å². The second kappa shape index (κ2) is 8.96. The van der Waals surface area contributed by atoms with Gasteiger partial charge in [-0.15, -0.1) is 0 Å². The molecule has 1 saturated carbocycles. The highest BCUT2D eigenvalue weighted by Gasteiger charge is 2.37. The van der Waals surface area contributed by atoms with Crippen LogP contribution in [0.15, 0.2) is 16.7 Å². The molecule has 9 nitrogen and oxygen atoms in total. The SMILES string of the molecule is Cc1cc(CC(=O)Nc2cc(C3CCC(C(C)(C)OC(N)=O)CC3)nn2C(C)(C)C)on1. The van der Waals surface area contributed by atoms with Gasteiger partial charge in [0.15, 0.2) is 0 Å². The Morgan fingerprint density at radius 3 is 2.38 bits per heavy atom. The fraction of sp³-hybridized carbons (Fsp3) is 0.652. The average molecular weight is 446 g/mol. The van der Waals surface area contributed by atoms with Crippen LogP contribution in [0.25, 0.3) is 0 Å². The van der Waals surface area contributed by atoms with Gasteiger partial charge in [-0.1, -0.05) is 5.16 Å². The molecule has 0 spiro atoms. The maximum Gasteiger partial charge on any atom is 0.405 e. The molecule has 2 heterocycles. The van der Waals surface area contributed by atoms with E-state index in [2.05, 4.69) is 31.2 Å². The van der Waals surface area contributed by atoms with E-state index >= 15 is 0 Å². The summed E-state index contributed by atoms with van der Waals surface area (Å²) < 4.78 is 12.4. The fourth-order valence-corrected chi connectivity index (χ4v) is 4.47. The smallest absolute Gasteiger partial charge is 0.405 e. The Bertz CT molecular complexity index is 961. The molecule has 0 aliphatic heterocycles. The molecule has 2 aromatic heterocycles. The highest BCUT2D eigenvalue weighted by molar-refractivity contribution is 5.91. The van der Waals surface area contributed by atoms with Crippen LogP contribution in [0.5, 0.6) is 0 Å². The highest BCUT2D eigenvalue weighted by Crippen LogP contribution is 2.41. The van der Waals surface area contributed by atoms with E-state index in [1.54, 1.807) is 6.07 Å². The Morgan fingerprint density at radius 1 is 1.19 bits per heavy atom. The van der Waals surface area contributed by atoms with Gasteiger partial charge in [-0.2, -0.15) is 5.10 Å². The molecule has 3 rings (SSSR count).